The fourth-order valence-corrected chi connectivity index (χ4v) is 23.0. The third-order valence-electron chi connectivity index (χ3n) is 28.5. The van der Waals surface area contributed by atoms with Crippen molar-refractivity contribution in [2.75, 3.05) is 9.80 Å². The molecular weight excluding hydrogens is 1570 g/mol. The molecule has 129 heavy (non-hydrogen) atoms. The molecule has 0 atom stereocenters. The van der Waals surface area contributed by atoms with Crippen LogP contribution in [0.1, 0.15) is 26.3 Å². The lowest BCUT2D eigenvalue weighted by atomic mass is 9.33. The highest BCUT2D eigenvalue weighted by Crippen LogP contribution is 2.54. The molecular formula is C118H75BN8O2. The molecule has 19 aromatic carbocycles. The Morgan fingerprint density at radius 3 is 0.806 bits per heavy atom. The number of nitrogens with zero attached hydrogens (tertiary/aromatic N) is 8. The van der Waals surface area contributed by atoms with Crippen LogP contribution in [0.25, 0.3) is 209 Å². The fourth-order valence-electron chi connectivity index (χ4n) is 23.0. The number of aromatic nitrogens is 6. The van der Waals surface area contributed by atoms with Gasteiger partial charge in [0.05, 0.1) is 88.9 Å². The summed E-state index contributed by atoms with van der Waals surface area (Å²) in [4.78, 5) is 5.38. The second kappa shape index (κ2) is 26.0. The van der Waals surface area contributed by atoms with Gasteiger partial charge in [-0.3, -0.25) is 0 Å². The van der Waals surface area contributed by atoms with Crippen LogP contribution in [0.15, 0.2) is 409 Å². The molecule has 0 N–H and O–H groups in total. The molecule has 602 valence electrons. The van der Waals surface area contributed by atoms with Crippen molar-refractivity contribution in [2.24, 2.45) is 0 Å². The number of rotatable bonds is 8. The molecule has 0 amide bonds. The maximum Gasteiger partial charge on any atom is 0.252 e. The third-order valence-corrected chi connectivity index (χ3v) is 28.5. The van der Waals surface area contributed by atoms with Crippen LogP contribution in [0.4, 0.5) is 34.1 Å². The summed E-state index contributed by atoms with van der Waals surface area (Å²) in [5, 5.41) is 18.4. The molecule has 0 bridgehead atoms. The topological polar surface area (TPSA) is 62.3 Å². The zero-order valence-electron chi connectivity index (χ0n) is 70.6. The number of anilines is 6. The summed E-state index contributed by atoms with van der Waals surface area (Å²) in [6.07, 6.45) is 0. The van der Waals surface area contributed by atoms with E-state index in [1.807, 2.05) is 0 Å². The Hall–Kier alpha value is -16.8. The molecule has 8 aromatic heterocycles. The molecule has 0 saturated carbocycles. The molecule has 0 fully saturated rings. The number of para-hydroxylation sites is 14. The maximum absolute atomic E-state index is 7.29. The van der Waals surface area contributed by atoms with Gasteiger partial charge < -0.3 is 46.0 Å². The minimum absolute atomic E-state index is 0.327. The van der Waals surface area contributed by atoms with E-state index in [2.05, 4.69) is 458 Å². The Labute approximate surface area is 739 Å². The zero-order valence-corrected chi connectivity index (χ0v) is 70.6. The predicted octanol–water partition coefficient (Wildman–Crippen LogP) is 29.4. The van der Waals surface area contributed by atoms with E-state index in [-0.39, 0.29) is 6.71 Å². The van der Waals surface area contributed by atoms with Gasteiger partial charge in [-0.05, 0) is 185 Å². The molecule has 29 rings (SSSR count). The highest BCUT2D eigenvalue weighted by molar-refractivity contribution is 7.00. The first-order valence-electron chi connectivity index (χ1n) is 44.7. The SMILES string of the molecule is CC(C)(C)c1cc2c3c(c1)N(c1cccc4c5cc(-n6c7ccccc7c7ccccc76)ccc5n(-c5cccc6c5oc5ccccc56)c14)c1cc(-n4c5ccccc5c5ccccc54)ccc1B3c1ccc(-n3c4ccccc4c4ccccc43)cc1N2c1cccc2c3cc(-n4c5ccccc5c5ccccc54)ccc3n(-c3cccc4c3oc3ccccc34)c12. The van der Waals surface area contributed by atoms with Crippen LogP contribution < -0.4 is 26.2 Å². The van der Waals surface area contributed by atoms with E-state index >= 15 is 0 Å². The van der Waals surface area contributed by atoms with Gasteiger partial charge in [-0.1, -0.05) is 263 Å². The van der Waals surface area contributed by atoms with Gasteiger partial charge in [-0.25, -0.2) is 0 Å². The highest BCUT2D eigenvalue weighted by Gasteiger charge is 2.46. The first-order valence-corrected chi connectivity index (χ1v) is 44.7. The van der Waals surface area contributed by atoms with E-state index in [1.54, 1.807) is 0 Å². The Kier molecular flexibility index (Phi) is 14.2. The number of benzene rings is 19. The van der Waals surface area contributed by atoms with Gasteiger partial charge >= 0.3 is 0 Å². The van der Waals surface area contributed by atoms with Gasteiger partial charge in [0.15, 0.2) is 11.2 Å². The van der Waals surface area contributed by atoms with E-state index in [1.165, 1.54) is 65.0 Å². The van der Waals surface area contributed by atoms with Crippen LogP contribution in [-0.4, -0.2) is 34.1 Å². The number of furan rings is 2. The van der Waals surface area contributed by atoms with Gasteiger partial charge in [0.2, 0.25) is 0 Å². The number of hydrogen-bond donors (Lipinski definition) is 0. The summed E-state index contributed by atoms with van der Waals surface area (Å²) >= 11 is 0. The van der Waals surface area contributed by atoms with Gasteiger partial charge in [-0.2, -0.15) is 0 Å². The summed E-state index contributed by atoms with van der Waals surface area (Å²) in [6.45, 7) is 6.85. The molecule has 0 saturated heterocycles. The molecule has 27 aromatic rings. The first-order chi connectivity index (χ1) is 63.7. The lowest BCUT2D eigenvalue weighted by molar-refractivity contribution is 0.590. The molecule has 2 aliphatic heterocycles. The summed E-state index contributed by atoms with van der Waals surface area (Å²) in [5.74, 6) is 0. The largest absolute Gasteiger partial charge is 0.454 e. The van der Waals surface area contributed by atoms with Crippen molar-refractivity contribution in [3.8, 4) is 34.1 Å². The Bertz CT molecular complexity index is 8890. The Morgan fingerprint density at radius 2 is 0.473 bits per heavy atom. The van der Waals surface area contributed by atoms with Crippen molar-refractivity contribution in [2.45, 2.75) is 26.2 Å². The van der Waals surface area contributed by atoms with Crippen LogP contribution in [0.5, 0.6) is 0 Å². The van der Waals surface area contributed by atoms with Crippen molar-refractivity contribution >= 4 is 232 Å². The van der Waals surface area contributed by atoms with Crippen molar-refractivity contribution in [1.82, 2.24) is 27.4 Å². The standard InChI is InChI=1S/C118H75BN8O2/c1-118(2,3)70-64-109-113-110(65-70)125(104-51-25-39-86-90-67-72(121-95-44-16-6-30-77(95)78-31-7-17-45-96(78)121)59-63-102(90)127(115(86)104)106-53-27-41-88-84-37-13-23-55-112(84)129-117(88)106)108-69-74(123-99-48-20-10-34-81(99)82-35-11-21-49-100(82)123)57-61-92(108)119(113)91-60-56-73(122-97-46-18-8-32-79(97)80-33-9-19-47-98(80)122)68-107(91)124(109)103-50-24-38-85-89-66-71(120-93-42-14-4-28-75(93)76-29-5-15-43-94(76)120)58-62-101(89)126(114(85)103)105-52-26-40-87-83-36-12-22-54-111(83)128-116(87)105/h4-69H,1-3H3. The van der Waals surface area contributed by atoms with Gasteiger partial charge in [0.1, 0.15) is 11.2 Å². The average Bonchev–Trinajstić information content (AvgIpc) is 1.62. The molecule has 10 nitrogen and oxygen atoms in total. The van der Waals surface area contributed by atoms with Gasteiger partial charge in [0.25, 0.3) is 6.71 Å². The second-order valence-electron chi connectivity index (χ2n) is 36.2. The normalized spacial score (nSPS) is 13.0. The van der Waals surface area contributed by atoms with Crippen LogP contribution in [0, 0.1) is 0 Å². The molecule has 11 heteroatoms. The Morgan fingerprint density at radius 1 is 0.202 bits per heavy atom. The fraction of sp³-hybridized carbons (Fsp3) is 0.0339. The molecule has 0 aliphatic carbocycles. The van der Waals surface area contributed by atoms with Crippen LogP contribution in [0.2, 0.25) is 0 Å². The van der Waals surface area contributed by atoms with Crippen LogP contribution >= 0.6 is 0 Å². The monoisotopic (exact) mass is 1650 g/mol. The maximum atomic E-state index is 7.29. The van der Waals surface area contributed by atoms with Gasteiger partial charge in [0, 0.05) is 132 Å². The summed E-state index contributed by atoms with van der Waals surface area (Å²) in [5.41, 5.74) is 33.5. The van der Waals surface area contributed by atoms with Crippen molar-refractivity contribution in [3.63, 3.8) is 0 Å². The van der Waals surface area contributed by atoms with E-state index in [0.29, 0.717) is 0 Å². The quantitative estimate of drug-likeness (QED) is 0.142. The lowest BCUT2D eigenvalue weighted by Crippen LogP contribution is -2.61. The highest BCUT2D eigenvalue weighted by atomic mass is 16.3. The minimum Gasteiger partial charge on any atom is -0.454 e. The Balaban J connectivity index is 0.768. The molecule has 0 radical (unpaired) electrons. The first kappa shape index (κ1) is 70.6. The van der Waals surface area contributed by atoms with E-state index in [9.17, 15) is 0 Å². The average molecular weight is 1650 g/mol. The minimum atomic E-state index is -0.420. The summed E-state index contributed by atoms with van der Waals surface area (Å²) in [7, 11) is 0. The van der Waals surface area contributed by atoms with Gasteiger partial charge in [-0.15, -0.1) is 0 Å². The third kappa shape index (κ3) is 9.63. The van der Waals surface area contributed by atoms with Crippen molar-refractivity contribution in [1.29, 1.82) is 0 Å². The van der Waals surface area contributed by atoms with E-state index < -0.39 is 5.41 Å². The molecule has 0 unspecified atom stereocenters. The zero-order chi connectivity index (χ0) is 84.5. The number of hydrogen-bond acceptors (Lipinski definition) is 4. The van der Waals surface area contributed by atoms with E-state index in [4.69, 9.17) is 8.83 Å². The molecule has 2 aliphatic rings. The predicted molar refractivity (Wildman–Crippen MR) is 540 cm³/mol. The molecule has 0 spiro atoms. The summed E-state index contributed by atoms with van der Waals surface area (Å²) < 4.78 is 29.6. The van der Waals surface area contributed by atoms with Crippen LogP contribution in [0.3, 0.4) is 0 Å². The van der Waals surface area contributed by atoms with E-state index in [0.717, 1.165) is 200 Å². The number of fused-ring (bicyclic) bond motifs is 28. The summed E-state index contributed by atoms with van der Waals surface area (Å²) in [6, 6.07) is 150. The second-order valence-corrected chi connectivity index (χ2v) is 36.2. The lowest BCUT2D eigenvalue weighted by Gasteiger charge is -2.45. The molecule has 10 heterocycles. The smallest absolute Gasteiger partial charge is 0.252 e. The van der Waals surface area contributed by atoms with Crippen molar-refractivity contribution in [3.05, 3.63) is 406 Å². The van der Waals surface area contributed by atoms with Crippen molar-refractivity contribution < 1.29 is 8.83 Å². The van der Waals surface area contributed by atoms with Crippen LogP contribution in [-0.2, 0) is 5.41 Å².